The lowest BCUT2D eigenvalue weighted by atomic mass is 10.1. The summed E-state index contributed by atoms with van der Waals surface area (Å²) in [7, 11) is 3.43. The van der Waals surface area contributed by atoms with Gasteiger partial charge in [0.15, 0.2) is 10.8 Å². The highest BCUT2D eigenvalue weighted by Crippen LogP contribution is 2.42. The number of hydrogen-bond donors (Lipinski definition) is 0. The highest BCUT2D eigenvalue weighted by molar-refractivity contribution is 6.29. The maximum absolute atomic E-state index is 12.6. The van der Waals surface area contributed by atoms with Gasteiger partial charge in [0.25, 0.3) is 0 Å². The Labute approximate surface area is 177 Å². The summed E-state index contributed by atoms with van der Waals surface area (Å²) in [5.41, 5.74) is 4.14. The molecule has 0 aromatic carbocycles. The van der Waals surface area contributed by atoms with E-state index in [1.54, 1.807) is 12.3 Å². The molecular weight excluding hydrogens is 406 g/mol. The summed E-state index contributed by atoms with van der Waals surface area (Å²) in [5.74, 6) is 0.279. The number of likely N-dealkylation sites (N-methyl/N-ethyl adjacent to an activating group) is 1. The van der Waals surface area contributed by atoms with Crippen LogP contribution in [-0.4, -0.2) is 57.1 Å². The maximum Gasteiger partial charge on any atom is 0.331 e. The normalized spacial score (nSPS) is 16.8. The fraction of sp³-hybridized carbons (Fsp3) is 0.350. The summed E-state index contributed by atoms with van der Waals surface area (Å²) < 4.78 is 1.96. The van der Waals surface area contributed by atoms with Crippen LogP contribution in [0.4, 0.5) is 16.2 Å². The molecule has 3 aromatic rings. The van der Waals surface area contributed by atoms with Gasteiger partial charge in [-0.05, 0) is 30.4 Å². The molecule has 0 N–H and O–H groups in total. The number of rotatable bonds is 5. The Morgan fingerprint density at radius 1 is 1.23 bits per heavy atom. The Kier molecular flexibility index (Phi) is 4.35. The summed E-state index contributed by atoms with van der Waals surface area (Å²) in [6.07, 6.45) is 7.95. The minimum absolute atomic E-state index is 0.0302. The van der Waals surface area contributed by atoms with E-state index in [1.807, 2.05) is 28.6 Å². The molecule has 1 aliphatic carbocycles. The number of carbonyl (C=O) groups excluding carboxylic acids is 2. The monoisotopic (exact) mass is 425 g/mol. The zero-order chi connectivity index (χ0) is 21.0. The van der Waals surface area contributed by atoms with Crippen LogP contribution in [0.5, 0.6) is 0 Å². The number of pyridine rings is 1. The molecule has 0 spiro atoms. The first-order valence-corrected chi connectivity index (χ1v) is 10.1. The van der Waals surface area contributed by atoms with E-state index in [0.29, 0.717) is 29.0 Å². The van der Waals surface area contributed by atoms with Crippen molar-refractivity contribution in [3.8, 4) is 0 Å². The fourth-order valence-electron chi connectivity index (χ4n) is 3.73. The molecule has 0 radical (unpaired) electrons. The van der Waals surface area contributed by atoms with Crippen molar-refractivity contribution in [1.82, 2.24) is 24.5 Å². The molecule has 1 saturated heterocycles. The molecule has 3 aromatic heterocycles. The quantitative estimate of drug-likeness (QED) is 0.584. The third-order valence-corrected chi connectivity index (χ3v) is 5.76. The number of halogens is 1. The van der Waals surface area contributed by atoms with Gasteiger partial charge in [0, 0.05) is 32.6 Å². The number of carbonyl (C=O) groups is 2. The molecule has 1 saturated carbocycles. The Bertz CT molecular complexity index is 1170. The third kappa shape index (κ3) is 3.24. The van der Waals surface area contributed by atoms with E-state index in [4.69, 9.17) is 16.6 Å². The van der Waals surface area contributed by atoms with Gasteiger partial charge in [-0.25, -0.2) is 9.78 Å². The minimum atomic E-state index is -0.325. The number of imidazole rings is 1. The van der Waals surface area contributed by atoms with Crippen molar-refractivity contribution in [3.63, 3.8) is 0 Å². The predicted molar refractivity (Wildman–Crippen MR) is 112 cm³/mol. The standard InChI is InChI=1S/C20H20ClN7O2/c1-25(15-6-17(21)24-22-7-15)9-14-10-27-8-13(12-3-4-12)5-16(19(27)23-14)28-11-18(29)26(2)20(28)30/h5-8,10,12H,3-4,9,11H2,1-2H3. The molecule has 2 fully saturated rings. The van der Waals surface area contributed by atoms with Crippen molar-refractivity contribution in [1.29, 1.82) is 0 Å². The summed E-state index contributed by atoms with van der Waals surface area (Å²) >= 11 is 5.95. The Hall–Kier alpha value is -3.20. The largest absolute Gasteiger partial charge is 0.367 e. The van der Waals surface area contributed by atoms with Crippen LogP contribution in [0.1, 0.15) is 30.0 Å². The molecule has 4 heterocycles. The highest BCUT2D eigenvalue weighted by Gasteiger charge is 2.36. The topological polar surface area (TPSA) is 86.9 Å². The third-order valence-electron chi connectivity index (χ3n) is 5.58. The molecule has 0 bridgehead atoms. The van der Waals surface area contributed by atoms with Gasteiger partial charge in [-0.2, -0.15) is 5.10 Å². The molecule has 30 heavy (non-hydrogen) atoms. The average molecular weight is 426 g/mol. The number of imide groups is 1. The Morgan fingerprint density at radius 2 is 2.03 bits per heavy atom. The second-order valence-electron chi connectivity index (χ2n) is 7.81. The van der Waals surface area contributed by atoms with Gasteiger partial charge in [-0.3, -0.25) is 14.6 Å². The Balaban J connectivity index is 1.53. The fourth-order valence-corrected chi connectivity index (χ4v) is 3.88. The van der Waals surface area contributed by atoms with Crippen molar-refractivity contribution < 1.29 is 9.59 Å². The van der Waals surface area contributed by atoms with Gasteiger partial charge in [0.1, 0.15) is 6.54 Å². The first kappa shape index (κ1) is 18.8. The molecule has 0 unspecified atom stereocenters. The van der Waals surface area contributed by atoms with Crippen LogP contribution in [0.25, 0.3) is 5.65 Å². The molecule has 10 heteroatoms. The maximum atomic E-state index is 12.6. The van der Waals surface area contributed by atoms with Gasteiger partial charge in [0.2, 0.25) is 5.91 Å². The van der Waals surface area contributed by atoms with Crippen LogP contribution in [0.3, 0.4) is 0 Å². The summed E-state index contributed by atoms with van der Waals surface area (Å²) in [6.45, 7) is 0.553. The Morgan fingerprint density at radius 3 is 2.70 bits per heavy atom. The second-order valence-corrected chi connectivity index (χ2v) is 8.20. The van der Waals surface area contributed by atoms with E-state index in [9.17, 15) is 9.59 Å². The lowest BCUT2D eigenvalue weighted by molar-refractivity contribution is -0.123. The smallest absolute Gasteiger partial charge is 0.331 e. The number of aromatic nitrogens is 4. The second kappa shape index (κ2) is 6.94. The number of anilines is 2. The van der Waals surface area contributed by atoms with E-state index in [0.717, 1.165) is 34.7 Å². The molecule has 9 nitrogen and oxygen atoms in total. The first-order chi connectivity index (χ1) is 14.4. The average Bonchev–Trinajstić information content (AvgIpc) is 3.45. The SMILES string of the molecule is CN1C(=O)CN(c2cc(C3CC3)cn3cc(CN(C)c4cnnc(Cl)c4)nc23)C1=O. The molecule has 3 amide bonds. The van der Waals surface area contributed by atoms with Crippen LogP contribution >= 0.6 is 11.6 Å². The van der Waals surface area contributed by atoms with Crippen LogP contribution in [0, 0.1) is 0 Å². The van der Waals surface area contributed by atoms with Gasteiger partial charge < -0.3 is 9.30 Å². The van der Waals surface area contributed by atoms with E-state index in [2.05, 4.69) is 16.4 Å². The zero-order valence-electron chi connectivity index (χ0n) is 16.6. The van der Waals surface area contributed by atoms with Crippen LogP contribution in [0.2, 0.25) is 5.15 Å². The van der Waals surface area contributed by atoms with E-state index < -0.39 is 0 Å². The van der Waals surface area contributed by atoms with Crippen molar-refractivity contribution in [2.75, 3.05) is 30.4 Å². The number of urea groups is 1. The van der Waals surface area contributed by atoms with Crippen LogP contribution in [0.15, 0.2) is 30.7 Å². The van der Waals surface area contributed by atoms with Crippen molar-refractivity contribution in [2.45, 2.75) is 25.3 Å². The van der Waals surface area contributed by atoms with Crippen LogP contribution in [-0.2, 0) is 11.3 Å². The number of nitrogens with zero attached hydrogens (tertiary/aromatic N) is 7. The van der Waals surface area contributed by atoms with Gasteiger partial charge in [-0.1, -0.05) is 11.6 Å². The number of hydrogen-bond acceptors (Lipinski definition) is 6. The van der Waals surface area contributed by atoms with Crippen LogP contribution < -0.4 is 9.80 Å². The van der Waals surface area contributed by atoms with Crippen molar-refractivity contribution in [3.05, 3.63) is 47.1 Å². The minimum Gasteiger partial charge on any atom is -0.367 e. The molecule has 1 aliphatic heterocycles. The van der Waals surface area contributed by atoms with Gasteiger partial charge >= 0.3 is 6.03 Å². The van der Waals surface area contributed by atoms with Crippen molar-refractivity contribution in [2.24, 2.45) is 0 Å². The summed E-state index contributed by atoms with van der Waals surface area (Å²) in [4.78, 5) is 34.1. The summed E-state index contributed by atoms with van der Waals surface area (Å²) in [5, 5.41) is 7.98. The van der Waals surface area contributed by atoms with Crippen molar-refractivity contribution >= 4 is 40.6 Å². The molecular formula is C20H20ClN7O2. The molecule has 2 aliphatic rings. The first-order valence-electron chi connectivity index (χ1n) is 9.69. The van der Waals surface area contributed by atoms with E-state index in [-0.39, 0.29) is 18.5 Å². The zero-order valence-corrected chi connectivity index (χ0v) is 17.4. The van der Waals surface area contributed by atoms with E-state index >= 15 is 0 Å². The molecule has 154 valence electrons. The predicted octanol–water partition coefficient (Wildman–Crippen LogP) is 2.69. The summed E-state index contributed by atoms with van der Waals surface area (Å²) in [6, 6.07) is 3.42. The van der Waals surface area contributed by atoms with E-state index in [1.165, 1.54) is 11.9 Å². The lowest BCUT2D eigenvalue weighted by Crippen LogP contribution is -2.30. The number of amides is 3. The molecule has 0 atom stereocenters. The lowest BCUT2D eigenvalue weighted by Gasteiger charge is -2.17. The number of fused-ring (bicyclic) bond motifs is 1. The van der Waals surface area contributed by atoms with Gasteiger partial charge in [0.05, 0.1) is 29.8 Å². The van der Waals surface area contributed by atoms with Gasteiger partial charge in [-0.15, -0.1) is 5.10 Å². The molecule has 5 rings (SSSR count). The highest BCUT2D eigenvalue weighted by atomic mass is 35.5.